The lowest BCUT2D eigenvalue weighted by atomic mass is 10.2. The van der Waals surface area contributed by atoms with Gasteiger partial charge < -0.3 is 15.5 Å². The van der Waals surface area contributed by atoms with Gasteiger partial charge in [-0.25, -0.2) is 4.99 Å². The van der Waals surface area contributed by atoms with E-state index in [9.17, 15) is 0 Å². The van der Waals surface area contributed by atoms with Gasteiger partial charge in [-0.05, 0) is 36.1 Å². The molecule has 0 saturated heterocycles. The van der Waals surface area contributed by atoms with E-state index in [-0.39, 0.29) is 24.0 Å². The van der Waals surface area contributed by atoms with Crippen LogP contribution in [-0.2, 0) is 13.1 Å². The van der Waals surface area contributed by atoms with E-state index in [4.69, 9.17) is 0 Å². The quantitative estimate of drug-likeness (QED) is 0.406. The summed E-state index contributed by atoms with van der Waals surface area (Å²) in [4.78, 5) is 8.07. The van der Waals surface area contributed by atoms with Crippen molar-refractivity contribution in [3.05, 3.63) is 52.2 Å². The number of nitrogens with zero attached hydrogens (tertiary/aromatic N) is 2. The van der Waals surface area contributed by atoms with Gasteiger partial charge in [-0.1, -0.05) is 18.2 Å². The number of guanidine groups is 1. The number of hydrogen-bond acceptors (Lipinski definition) is 3. The van der Waals surface area contributed by atoms with Gasteiger partial charge in [0.2, 0.25) is 0 Å². The van der Waals surface area contributed by atoms with Crippen molar-refractivity contribution < 1.29 is 0 Å². The van der Waals surface area contributed by atoms with Gasteiger partial charge >= 0.3 is 0 Å². The Balaban J connectivity index is 0.00000264. The number of hydrogen-bond donors (Lipinski definition) is 2. The standard InChI is InChI=1S/C17H24N4S.HI/c1-4-18-17(20-13-16-9-6-10-22-16)19-12-14-7-5-8-15(11-14)21(2)3;/h5-11H,4,12-13H2,1-3H3,(H2,18,19,20);1H. The fourth-order valence-electron chi connectivity index (χ4n) is 2.03. The first-order valence-corrected chi connectivity index (χ1v) is 8.38. The third-order valence-electron chi connectivity index (χ3n) is 3.20. The van der Waals surface area contributed by atoms with Crippen molar-refractivity contribution >= 4 is 47.0 Å². The summed E-state index contributed by atoms with van der Waals surface area (Å²) in [5.74, 6) is 0.853. The first kappa shape index (κ1) is 19.8. The molecular formula is C17H25IN4S. The van der Waals surface area contributed by atoms with Gasteiger partial charge in [-0.15, -0.1) is 35.3 Å². The van der Waals surface area contributed by atoms with Gasteiger partial charge in [0, 0.05) is 31.2 Å². The molecule has 0 radical (unpaired) electrons. The van der Waals surface area contributed by atoms with Crippen molar-refractivity contribution in [2.75, 3.05) is 25.5 Å². The molecular weight excluding hydrogens is 419 g/mol. The van der Waals surface area contributed by atoms with Crippen molar-refractivity contribution in [3.63, 3.8) is 0 Å². The lowest BCUT2D eigenvalue weighted by Crippen LogP contribution is -2.36. The summed E-state index contributed by atoms with van der Waals surface area (Å²) >= 11 is 1.75. The molecule has 2 aromatic rings. The summed E-state index contributed by atoms with van der Waals surface area (Å²) in [6, 6.07) is 12.7. The van der Waals surface area contributed by atoms with Crippen LogP contribution >= 0.6 is 35.3 Å². The van der Waals surface area contributed by atoms with E-state index in [2.05, 4.69) is 83.3 Å². The van der Waals surface area contributed by atoms with Crippen molar-refractivity contribution in [2.24, 2.45) is 4.99 Å². The largest absolute Gasteiger partial charge is 0.378 e. The Morgan fingerprint density at radius 1 is 1.17 bits per heavy atom. The number of aliphatic imine (C=N–C) groups is 1. The minimum atomic E-state index is 0. The maximum Gasteiger partial charge on any atom is 0.191 e. The number of benzene rings is 1. The molecule has 2 rings (SSSR count). The maximum atomic E-state index is 4.66. The molecule has 0 aliphatic carbocycles. The van der Waals surface area contributed by atoms with E-state index >= 15 is 0 Å². The molecule has 126 valence electrons. The molecule has 23 heavy (non-hydrogen) atoms. The topological polar surface area (TPSA) is 39.7 Å². The average molecular weight is 444 g/mol. The number of rotatable bonds is 6. The SMILES string of the molecule is CCNC(=NCc1cccc(N(C)C)c1)NCc1cccs1.I. The molecule has 0 spiro atoms. The molecule has 4 nitrogen and oxygen atoms in total. The summed E-state index contributed by atoms with van der Waals surface area (Å²) in [5, 5.41) is 8.75. The van der Waals surface area contributed by atoms with Crippen LogP contribution in [0.25, 0.3) is 0 Å². The lowest BCUT2D eigenvalue weighted by molar-refractivity contribution is 0.823. The Morgan fingerprint density at radius 2 is 2.00 bits per heavy atom. The lowest BCUT2D eigenvalue weighted by Gasteiger charge is -2.13. The van der Waals surface area contributed by atoms with Crippen molar-refractivity contribution in [3.8, 4) is 0 Å². The van der Waals surface area contributed by atoms with Crippen molar-refractivity contribution in [1.82, 2.24) is 10.6 Å². The Morgan fingerprint density at radius 3 is 2.65 bits per heavy atom. The van der Waals surface area contributed by atoms with Crippen LogP contribution in [0, 0.1) is 0 Å². The molecule has 0 atom stereocenters. The Labute approximate surface area is 160 Å². The fraction of sp³-hybridized carbons (Fsp3) is 0.353. The zero-order valence-corrected chi connectivity index (χ0v) is 17.0. The molecule has 1 aromatic heterocycles. The Kier molecular flexibility index (Phi) is 9.01. The van der Waals surface area contributed by atoms with Gasteiger partial charge in [0.15, 0.2) is 5.96 Å². The van der Waals surface area contributed by atoms with Crippen LogP contribution in [-0.4, -0.2) is 26.6 Å². The molecule has 2 N–H and O–H groups in total. The molecule has 1 aromatic carbocycles. The van der Waals surface area contributed by atoms with Crippen LogP contribution in [0.3, 0.4) is 0 Å². The third kappa shape index (κ3) is 6.78. The molecule has 0 aliphatic heterocycles. The first-order valence-electron chi connectivity index (χ1n) is 7.50. The van der Waals surface area contributed by atoms with Crippen LogP contribution in [0.2, 0.25) is 0 Å². The summed E-state index contributed by atoms with van der Waals surface area (Å²) in [6.07, 6.45) is 0. The molecule has 1 heterocycles. The van der Waals surface area contributed by atoms with E-state index in [1.165, 1.54) is 16.1 Å². The summed E-state index contributed by atoms with van der Waals surface area (Å²) < 4.78 is 0. The summed E-state index contributed by atoms with van der Waals surface area (Å²) in [6.45, 7) is 4.41. The monoisotopic (exact) mass is 444 g/mol. The molecule has 0 unspecified atom stereocenters. The number of halogens is 1. The van der Waals surface area contributed by atoms with Crippen LogP contribution in [0.15, 0.2) is 46.8 Å². The van der Waals surface area contributed by atoms with E-state index in [1.54, 1.807) is 11.3 Å². The van der Waals surface area contributed by atoms with Crippen LogP contribution in [0.1, 0.15) is 17.4 Å². The highest BCUT2D eigenvalue weighted by atomic mass is 127. The minimum Gasteiger partial charge on any atom is -0.378 e. The van der Waals surface area contributed by atoms with Crippen molar-refractivity contribution in [1.29, 1.82) is 0 Å². The Hall–Kier alpha value is -1.28. The zero-order chi connectivity index (χ0) is 15.8. The van der Waals surface area contributed by atoms with Crippen LogP contribution < -0.4 is 15.5 Å². The van der Waals surface area contributed by atoms with E-state index < -0.39 is 0 Å². The average Bonchev–Trinajstić information content (AvgIpc) is 3.03. The summed E-state index contributed by atoms with van der Waals surface area (Å²) in [5.41, 5.74) is 2.41. The van der Waals surface area contributed by atoms with Gasteiger partial charge in [0.1, 0.15) is 0 Å². The van der Waals surface area contributed by atoms with Gasteiger partial charge in [0.25, 0.3) is 0 Å². The molecule has 6 heteroatoms. The Bertz CT molecular complexity index is 596. The summed E-state index contributed by atoms with van der Waals surface area (Å²) in [7, 11) is 4.10. The predicted octanol–water partition coefficient (Wildman–Crippen LogP) is 3.69. The molecule has 0 saturated carbocycles. The van der Waals surface area contributed by atoms with Gasteiger partial charge in [-0.2, -0.15) is 0 Å². The fourth-order valence-corrected chi connectivity index (χ4v) is 2.67. The highest BCUT2D eigenvalue weighted by molar-refractivity contribution is 14.0. The highest BCUT2D eigenvalue weighted by Gasteiger charge is 2.00. The number of anilines is 1. The van der Waals surface area contributed by atoms with Gasteiger partial charge in [0.05, 0.1) is 13.1 Å². The molecule has 0 amide bonds. The van der Waals surface area contributed by atoms with Gasteiger partial charge in [-0.3, -0.25) is 0 Å². The second kappa shape index (κ2) is 10.5. The molecule has 0 aliphatic rings. The smallest absolute Gasteiger partial charge is 0.191 e. The highest BCUT2D eigenvalue weighted by Crippen LogP contribution is 2.14. The zero-order valence-electron chi connectivity index (χ0n) is 13.9. The molecule has 0 fully saturated rings. The van der Waals surface area contributed by atoms with Crippen molar-refractivity contribution in [2.45, 2.75) is 20.0 Å². The van der Waals surface area contributed by atoms with E-state index in [0.29, 0.717) is 6.54 Å². The number of nitrogens with one attached hydrogen (secondary N) is 2. The first-order chi connectivity index (χ1) is 10.7. The molecule has 0 bridgehead atoms. The van der Waals surface area contributed by atoms with E-state index in [1.807, 2.05) is 0 Å². The second-order valence-corrected chi connectivity index (χ2v) is 6.22. The van der Waals surface area contributed by atoms with E-state index in [0.717, 1.165) is 19.0 Å². The normalized spacial score (nSPS) is 10.8. The number of thiophene rings is 1. The second-order valence-electron chi connectivity index (χ2n) is 5.19. The van der Waals surface area contributed by atoms with Crippen LogP contribution in [0.4, 0.5) is 5.69 Å². The third-order valence-corrected chi connectivity index (χ3v) is 4.08. The minimum absolute atomic E-state index is 0. The maximum absolute atomic E-state index is 4.66. The predicted molar refractivity (Wildman–Crippen MR) is 112 cm³/mol. The van der Waals surface area contributed by atoms with Crippen LogP contribution in [0.5, 0.6) is 0 Å².